The molecule has 0 aliphatic heterocycles. The second kappa shape index (κ2) is 6.17. The van der Waals surface area contributed by atoms with E-state index in [-0.39, 0.29) is 5.82 Å². The first-order valence-electron chi connectivity index (χ1n) is 6.06. The maximum atomic E-state index is 12.9. The molecule has 0 radical (unpaired) electrons. The van der Waals surface area contributed by atoms with Crippen molar-refractivity contribution >= 4 is 0 Å². The highest BCUT2D eigenvalue weighted by Crippen LogP contribution is 2.13. The molecule has 3 nitrogen and oxygen atoms in total. The molecule has 2 aromatic rings. The van der Waals surface area contributed by atoms with Gasteiger partial charge >= 0.3 is 0 Å². The van der Waals surface area contributed by atoms with E-state index in [1.54, 1.807) is 25.3 Å². The molecule has 0 aliphatic carbocycles. The van der Waals surface area contributed by atoms with Crippen LogP contribution in [0.5, 0.6) is 0 Å². The average molecular weight is 258 g/mol. The van der Waals surface area contributed by atoms with Crippen LogP contribution >= 0.6 is 0 Å². The van der Waals surface area contributed by atoms with Crippen LogP contribution in [0.4, 0.5) is 4.39 Å². The second-order valence-electron chi connectivity index (χ2n) is 4.28. The van der Waals surface area contributed by atoms with Gasteiger partial charge in [-0.05, 0) is 29.8 Å². The number of halogens is 1. The van der Waals surface area contributed by atoms with Crippen molar-refractivity contribution in [2.75, 3.05) is 13.7 Å². The number of nitrogens with zero attached hydrogens (tertiary/aromatic N) is 2. The molecule has 0 unspecified atom stereocenters. The maximum absolute atomic E-state index is 12.9. The van der Waals surface area contributed by atoms with Crippen LogP contribution in [0.25, 0.3) is 0 Å². The minimum atomic E-state index is -0.253. The monoisotopic (exact) mass is 258 g/mol. The third-order valence-electron chi connectivity index (χ3n) is 3.00. The molecule has 1 aromatic heterocycles. The largest absolute Gasteiger partial charge is 0.384 e. The molecule has 0 saturated carbocycles. The minimum absolute atomic E-state index is 0.253. The van der Waals surface area contributed by atoms with Crippen LogP contribution in [-0.4, -0.2) is 18.3 Å². The molecule has 4 heteroatoms. The molecule has 0 atom stereocenters. The van der Waals surface area contributed by atoms with Crippen LogP contribution in [0.3, 0.4) is 0 Å². The Balaban J connectivity index is 2.24. The van der Waals surface area contributed by atoms with Crippen LogP contribution < -0.4 is 0 Å². The van der Waals surface area contributed by atoms with Crippen LogP contribution in [-0.2, 0) is 17.7 Å². The smallest absolute Gasteiger partial charge is 0.123 e. The summed E-state index contributed by atoms with van der Waals surface area (Å²) < 4.78 is 19.9. The lowest BCUT2D eigenvalue weighted by atomic mass is 10.2. The Labute approximate surface area is 111 Å². The highest BCUT2D eigenvalue weighted by Gasteiger charge is 2.08. The normalized spacial score (nSPS) is 10.4. The number of benzene rings is 1. The maximum Gasteiger partial charge on any atom is 0.123 e. The number of hydrogen-bond acceptors (Lipinski definition) is 2. The molecular weight excluding hydrogens is 243 g/mol. The summed E-state index contributed by atoms with van der Waals surface area (Å²) in [5.74, 6) is -0.253. The topological polar surface area (TPSA) is 37.9 Å². The summed E-state index contributed by atoms with van der Waals surface area (Å²) in [4.78, 5) is 0. The number of aromatic nitrogens is 1. The van der Waals surface area contributed by atoms with Crippen molar-refractivity contribution in [2.24, 2.45) is 0 Å². The highest BCUT2D eigenvalue weighted by molar-refractivity contribution is 5.29. The van der Waals surface area contributed by atoms with Gasteiger partial charge in [0.05, 0.1) is 6.61 Å². The minimum Gasteiger partial charge on any atom is -0.384 e. The van der Waals surface area contributed by atoms with Gasteiger partial charge in [0.2, 0.25) is 0 Å². The van der Waals surface area contributed by atoms with Gasteiger partial charge in [-0.15, -0.1) is 0 Å². The van der Waals surface area contributed by atoms with Crippen molar-refractivity contribution in [1.82, 2.24) is 4.57 Å². The van der Waals surface area contributed by atoms with Gasteiger partial charge in [0.15, 0.2) is 0 Å². The number of rotatable bonds is 5. The second-order valence-corrected chi connectivity index (χ2v) is 4.28. The SMILES string of the molecule is COCCc1ccc(C#N)n1Cc1ccc(F)cc1. The molecule has 0 N–H and O–H groups in total. The Morgan fingerprint density at radius 2 is 1.95 bits per heavy atom. The van der Waals surface area contributed by atoms with E-state index in [2.05, 4.69) is 6.07 Å². The molecule has 1 aromatic carbocycles. The zero-order valence-corrected chi connectivity index (χ0v) is 10.8. The van der Waals surface area contributed by atoms with Crippen molar-refractivity contribution in [3.05, 3.63) is 59.2 Å². The zero-order valence-electron chi connectivity index (χ0n) is 10.8. The molecule has 1 heterocycles. The van der Waals surface area contributed by atoms with E-state index >= 15 is 0 Å². The van der Waals surface area contributed by atoms with Gasteiger partial charge in [-0.1, -0.05) is 12.1 Å². The van der Waals surface area contributed by atoms with E-state index < -0.39 is 0 Å². The fourth-order valence-electron chi connectivity index (χ4n) is 1.99. The Morgan fingerprint density at radius 3 is 2.58 bits per heavy atom. The standard InChI is InChI=1S/C15H15FN2O/c1-19-9-8-14-6-7-15(10-17)18(14)11-12-2-4-13(16)5-3-12/h2-7H,8-9,11H2,1H3. The zero-order chi connectivity index (χ0) is 13.7. The summed E-state index contributed by atoms with van der Waals surface area (Å²) in [5, 5.41) is 9.12. The highest BCUT2D eigenvalue weighted by atomic mass is 19.1. The molecule has 98 valence electrons. The predicted octanol–water partition coefficient (Wildman–Crippen LogP) is 2.74. The Morgan fingerprint density at radius 1 is 1.21 bits per heavy atom. The summed E-state index contributed by atoms with van der Waals surface area (Å²) in [6, 6.07) is 12.2. The average Bonchev–Trinajstić information content (AvgIpc) is 2.81. The summed E-state index contributed by atoms with van der Waals surface area (Å²) >= 11 is 0. The van der Waals surface area contributed by atoms with Crippen LogP contribution in [0.1, 0.15) is 17.0 Å². The lowest BCUT2D eigenvalue weighted by molar-refractivity contribution is 0.200. The first-order chi connectivity index (χ1) is 9.24. The van der Waals surface area contributed by atoms with Crippen LogP contribution in [0, 0.1) is 17.1 Å². The van der Waals surface area contributed by atoms with E-state index in [1.165, 1.54) is 12.1 Å². The molecule has 0 bridgehead atoms. The van der Waals surface area contributed by atoms with Crippen LogP contribution in [0.15, 0.2) is 36.4 Å². The molecule has 0 saturated heterocycles. The predicted molar refractivity (Wildman–Crippen MR) is 70.2 cm³/mol. The molecular formula is C15H15FN2O. The number of methoxy groups -OCH3 is 1. The van der Waals surface area contributed by atoms with E-state index in [1.807, 2.05) is 10.6 Å². The summed E-state index contributed by atoms with van der Waals surface area (Å²) in [6.45, 7) is 1.17. The van der Waals surface area contributed by atoms with E-state index in [9.17, 15) is 4.39 Å². The van der Waals surface area contributed by atoms with Crippen molar-refractivity contribution in [2.45, 2.75) is 13.0 Å². The van der Waals surface area contributed by atoms with E-state index in [0.29, 0.717) is 18.8 Å². The van der Waals surface area contributed by atoms with Gasteiger partial charge in [-0.25, -0.2) is 4.39 Å². The van der Waals surface area contributed by atoms with Crippen molar-refractivity contribution in [3.63, 3.8) is 0 Å². The van der Waals surface area contributed by atoms with E-state index in [4.69, 9.17) is 10.00 Å². The molecule has 0 amide bonds. The van der Waals surface area contributed by atoms with Crippen LogP contribution in [0.2, 0.25) is 0 Å². The Bertz CT molecular complexity index is 581. The third kappa shape index (κ3) is 3.21. The first-order valence-corrected chi connectivity index (χ1v) is 6.06. The van der Waals surface area contributed by atoms with Gasteiger partial charge in [0, 0.05) is 25.8 Å². The number of hydrogen-bond donors (Lipinski definition) is 0. The fourth-order valence-corrected chi connectivity index (χ4v) is 1.99. The molecule has 0 spiro atoms. The van der Waals surface area contributed by atoms with Crippen molar-refractivity contribution in [3.8, 4) is 6.07 Å². The van der Waals surface area contributed by atoms with Crippen molar-refractivity contribution < 1.29 is 9.13 Å². The lowest BCUT2D eigenvalue weighted by Crippen LogP contribution is -2.08. The Hall–Kier alpha value is -2.12. The van der Waals surface area contributed by atoms with Gasteiger partial charge in [-0.3, -0.25) is 0 Å². The molecule has 0 aliphatic rings. The lowest BCUT2D eigenvalue weighted by Gasteiger charge is -2.10. The summed E-state index contributed by atoms with van der Waals surface area (Å²) in [5.41, 5.74) is 2.62. The van der Waals surface area contributed by atoms with Gasteiger partial charge < -0.3 is 9.30 Å². The van der Waals surface area contributed by atoms with Gasteiger partial charge in [-0.2, -0.15) is 5.26 Å². The van der Waals surface area contributed by atoms with Crippen molar-refractivity contribution in [1.29, 1.82) is 5.26 Å². The summed E-state index contributed by atoms with van der Waals surface area (Å²) in [7, 11) is 1.65. The van der Waals surface area contributed by atoms with Gasteiger partial charge in [0.1, 0.15) is 17.6 Å². The Kier molecular flexibility index (Phi) is 4.32. The quantitative estimate of drug-likeness (QED) is 0.827. The van der Waals surface area contributed by atoms with E-state index in [0.717, 1.165) is 17.7 Å². The first kappa shape index (κ1) is 13.3. The fraction of sp³-hybridized carbons (Fsp3) is 0.267. The molecule has 2 rings (SSSR count). The number of nitriles is 1. The third-order valence-corrected chi connectivity index (χ3v) is 3.00. The molecule has 0 fully saturated rings. The van der Waals surface area contributed by atoms with Gasteiger partial charge in [0.25, 0.3) is 0 Å². The number of ether oxygens (including phenoxy) is 1. The summed E-state index contributed by atoms with van der Waals surface area (Å²) in [6.07, 6.45) is 0.749. The molecule has 19 heavy (non-hydrogen) atoms.